The maximum absolute atomic E-state index is 5.77. The first-order chi connectivity index (χ1) is 8.10. The molecule has 0 saturated heterocycles. The molecule has 3 atom stereocenters. The third-order valence-electron chi connectivity index (χ3n) is 4.43. The van der Waals surface area contributed by atoms with Gasteiger partial charge in [-0.1, -0.05) is 51.1 Å². The Kier molecular flexibility index (Phi) is 3.55. The Labute approximate surface area is 105 Å². The Morgan fingerprint density at radius 3 is 2.53 bits per heavy atom. The topological polar surface area (TPSA) is 38.0 Å². The first-order valence-electron chi connectivity index (χ1n) is 6.61. The molecule has 3 N–H and O–H groups in total. The molecule has 2 rings (SSSR count). The number of benzene rings is 1. The quantitative estimate of drug-likeness (QED) is 0.605. The molecule has 0 aliphatic heterocycles. The van der Waals surface area contributed by atoms with Crippen molar-refractivity contribution >= 4 is 0 Å². The van der Waals surface area contributed by atoms with Crippen molar-refractivity contribution in [2.75, 3.05) is 0 Å². The summed E-state index contributed by atoms with van der Waals surface area (Å²) in [5, 5.41) is 0. The smallest absolute Gasteiger partial charge is 0.0295 e. The van der Waals surface area contributed by atoms with Gasteiger partial charge in [0.05, 0.1) is 0 Å². The molecule has 0 bridgehead atoms. The Bertz CT molecular complexity index is 358. The van der Waals surface area contributed by atoms with Crippen LogP contribution >= 0.6 is 0 Å². The van der Waals surface area contributed by atoms with Crippen LogP contribution in [0.1, 0.15) is 45.1 Å². The van der Waals surface area contributed by atoms with Gasteiger partial charge in [0.1, 0.15) is 0 Å². The molecule has 0 spiro atoms. The molecule has 0 aromatic heterocycles. The van der Waals surface area contributed by atoms with E-state index in [0.29, 0.717) is 17.9 Å². The molecule has 0 radical (unpaired) electrons. The highest BCUT2D eigenvalue weighted by atomic mass is 15.2. The number of rotatable bonds is 5. The highest BCUT2D eigenvalue weighted by Crippen LogP contribution is 2.53. The lowest BCUT2D eigenvalue weighted by atomic mass is 9.79. The molecule has 0 amide bonds. The van der Waals surface area contributed by atoms with E-state index in [1.165, 1.54) is 12.0 Å². The fourth-order valence-electron chi connectivity index (χ4n) is 2.82. The lowest BCUT2D eigenvalue weighted by Crippen LogP contribution is -2.47. The van der Waals surface area contributed by atoms with Crippen molar-refractivity contribution in [3.05, 3.63) is 35.9 Å². The predicted octanol–water partition coefficient (Wildman–Crippen LogP) is 3.06. The second kappa shape index (κ2) is 4.79. The fraction of sp³-hybridized carbons (Fsp3) is 0.600. The Balaban J connectivity index is 2.07. The van der Waals surface area contributed by atoms with Crippen LogP contribution < -0.4 is 11.3 Å². The maximum atomic E-state index is 5.77. The summed E-state index contributed by atoms with van der Waals surface area (Å²) in [5.74, 6) is 7.15. The van der Waals surface area contributed by atoms with E-state index in [2.05, 4.69) is 56.5 Å². The molecule has 2 heteroatoms. The van der Waals surface area contributed by atoms with Gasteiger partial charge in [-0.25, -0.2) is 0 Å². The normalized spacial score (nSPS) is 25.6. The number of hydrazine groups is 1. The van der Waals surface area contributed by atoms with Crippen LogP contribution in [0.3, 0.4) is 0 Å². The van der Waals surface area contributed by atoms with Gasteiger partial charge in [0, 0.05) is 6.04 Å². The minimum absolute atomic E-state index is 0.267. The predicted molar refractivity (Wildman–Crippen MR) is 72.5 cm³/mol. The Morgan fingerprint density at radius 1 is 1.35 bits per heavy atom. The molecule has 1 aromatic rings. The highest BCUT2D eigenvalue weighted by Gasteiger charge is 2.48. The number of hydrogen-bond acceptors (Lipinski definition) is 2. The second-order valence-corrected chi connectivity index (χ2v) is 5.90. The highest BCUT2D eigenvalue weighted by molar-refractivity contribution is 5.27. The van der Waals surface area contributed by atoms with E-state index in [1.807, 2.05) is 0 Å². The van der Waals surface area contributed by atoms with Gasteiger partial charge >= 0.3 is 0 Å². The van der Waals surface area contributed by atoms with Crippen molar-refractivity contribution < 1.29 is 0 Å². The second-order valence-electron chi connectivity index (χ2n) is 5.90. The monoisotopic (exact) mass is 232 g/mol. The van der Waals surface area contributed by atoms with E-state index >= 15 is 0 Å². The zero-order valence-electron chi connectivity index (χ0n) is 11.1. The summed E-state index contributed by atoms with van der Waals surface area (Å²) in [7, 11) is 0. The Hall–Kier alpha value is -0.860. The summed E-state index contributed by atoms with van der Waals surface area (Å²) in [4.78, 5) is 0. The summed E-state index contributed by atoms with van der Waals surface area (Å²) in [6.45, 7) is 6.85. The molecule has 3 unspecified atom stereocenters. The molecule has 1 aliphatic carbocycles. The number of hydrogen-bond donors (Lipinski definition) is 2. The first-order valence-corrected chi connectivity index (χ1v) is 6.61. The van der Waals surface area contributed by atoms with Crippen molar-refractivity contribution in [1.29, 1.82) is 0 Å². The summed E-state index contributed by atoms with van der Waals surface area (Å²) < 4.78 is 0. The average molecular weight is 232 g/mol. The van der Waals surface area contributed by atoms with Gasteiger partial charge < -0.3 is 0 Å². The third kappa shape index (κ3) is 2.53. The maximum Gasteiger partial charge on any atom is 0.0295 e. The van der Waals surface area contributed by atoms with Crippen LogP contribution in [0, 0.1) is 11.3 Å². The molecule has 2 nitrogen and oxygen atoms in total. The van der Waals surface area contributed by atoms with E-state index < -0.39 is 0 Å². The van der Waals surface area contributed by atoms with Crippen LogP contribution in [0.2, 0.25) is 0 Å². The van der Waals surface area contributed by atoms with Gasteiger partial charge in [-0.2, -0.15) is 0 Å². The molecule has 1 fully saturated rings. The molecule has 17 heavy (non-hydrogen) atoms. The number of nitrogens with one attached hydrogen (secondary N) is 1. The van der Waals surface area contributed by atoms with E-state index in [9.17, 15) is 0 Å². The van der Waals surface area contributed by atoms with Gasteiger partial charge in [-0.15, -0.1) is 0 Å². The van der Waals surface area contributed by atoms with Gasteiger partial charge in [0.2, 0.25) is 0 Å². The van der Waals surface area contributed by atoms with Crippen LogP contribution in [0.15, 0.2) is 30.3 Å². The number of nitrogens with two attached hydrogens (primary N) is 1. The van der Waals surface area contributed by atoms with Crippen molar-refractivity contribution in [2.45, 2.75) is 45.6 Å². The van der Waals surface area contributed by atoms with Gasteiger partial charge in [-0.3, -0.25) is 11.3 Å². The van der Waals surface area contributed by atoms with Gasteiger partial charge in [0.15, 0.2) is 0 Å². The van der Waals surface area contributed by atoms with Crippen LogP contribution in [-0.4, -0.2) is 6.04 Å². The van der Waals surface area contributed by atoms with Gasteiger partial charge in [0.25, 0.3) is 0 Å². The van der Waals surface area contributed by atoms with E-state index in [-0.39, 0.29) is 5.41 Å². The van der Waals surface area contributed by atoms with Crippen molar-refractivity contribution in [3.8, 4) is 0 Å². The largest absolute Gasteiger partial charge is 0.271 e. The van der Waals surface area contributed by atoms with Crippen LogP contribution in [0.25, 0.3) is 0 Å². The van der Waals surface area contributed by atoms with Crippen LogP contribution in [0.5, 0.6) is 0 Å². The SMILES string of the molecule is CCC(C)(C)C(NN)C1CC1c1ccccc1. The summed E-state index contributed by atoms with van der Waals surface area (Å²) >= 11 is 0. The van der Waals surface area contributed by atoms with E-state index in [1.54, 1.807) is 0 Å². The van der Waals surface area contributed by atoms with Crippen molar-refractivity contribution in [1.82, 2.24) is 5.43 Å². The molecule has 1 saturated carbocycles. The molecule has 0 heterocycles. The summed E-state index contributed by atoms with van der Waals surface area (Å²) in [5.41, 5.74) is 4.78. The zero-order chi connectivity index (χ0) is 12.5. The third-order valence-corrected chi connectivity index (χ3v) is 4.43. The molecule has 1 aromatic carbocycles. The molecule has 94 valence electrons. The molecular weight excluding hydrogens is 208 g/mol. The van der Waals surface area contributed by atoms with Crippen molar-refractivity contribution in [2.24, 2.45) is 17.2 Å². The van der Waals surface area contributed by atoms with Crippen LogP contribution in [-0.2, 0) is 0 Å². The zero-order valence-corrected chi connectivity index (χ0v) is 11.1. The van der Waals surface area contributed by atoms with E-state index in [4.69, 9.17) is 5.84 Å². The first kappa shape index (κ1) is 12.6. The average Bonchev–Trinajstić information content (AvgIpc) is 3.11. The summed E-state index contributed by atoms with van der Waals surface area (Å²) in [6.07, 6.45) is 2.42. The minimum atomic E-state index is 0.267. The fourth-order valence-corrected chi connectivity index (χ4v) is 2.82. The minimum Gasteiger partial charge on any atom is -0.271 e. The summed E-state index contributed by atoms with van der Waals surface area (Å²) in [6, 6.07) is 11.2. The molecular formula is C15H24N2. The van der Waals surface area contributed by atoms with E-state index in [0.717, 1.165) is 6.42 Å². The standard InChI is InChI=1S/C15H24N2/c1-4-15(2,3)14(17-16)13-10-12(13)11-8-6-5-7-9-11/h5-9,12-14,17H,4,10,16H2,1-3H3. The van der Waals surface area contributed by atoms with Gasteiger partial charge in [-0.05, 0) is 35.7 Å². The van der Waals surface area contributed by atoms with Crippen molar-refractivity contribution in [3.63, 3.8) is 0 Å². The Morgan fingerprint density at radius 2 is 2.00 bits per heavy atom. The lowest BCUT2D eigenvalue weighted by Gasteiger charge is -2.33. The van der Waals surface area contributed by atoms with Crippen LogP contribution in [0.4, 0.5) is 0 Å². The lowest BCUT2D eigenvalue weighted by molar-refractivity contribution is 0.207. The molecule has 1 aliphatic rings.